The molecule has 136 valence electrons. The third-order valence-corrected chi connectivity index (χ3v) is 5.62. The molecule has 2 heterocycles. The zero-order valence-corrected chi connectivity index (χ0v) is 15.2. The van der Waals surface area contributed by atoms with Gasteiger partial charge in [-0.25, -0.2) is 4.79 Å². The van der Waals surface area contributed by atoms with Gasteiger partial charge in [-0.05, 0) is 38.2 Å². The predicted molar refractivity (Wildman–Crippen MR) is 95.2 cm³/mol. The largest absolute Gasteiger partial charge is 0.347 e. The van der Waals surface area contributed by atoms with Crippen molar-refractivity contribution < 1.29 is 14.3 Å². The summed E-state index contributed by atoms with van der Waals surface area (Å²) in [5.74, 6) is 0.119. The van der Waals surface area contributed by atoms with Gasteiger partial charge in [-0.2, -0.15) is 0 Å². The molecule has 2 saturated heterocycles. The van der Waals surface area contributed by atoms with Gasteiger partial charge in [0.1, 0.15) is 0 Å². The number of likely N-dealkylation sites (tertiary alicyclic amines) is 1. The number of piperidine rings is 1. The first kappa shape index (κ1) is 16.9. The molecule has 5 heteroatoms. The first-order chi connectivity index (χ1) is 12.0. The van der Waals surface area contributed by atoms with E-state index in [1.807, 2.05) is 11.8 Å². The average Bonchev–Trinajstić information content (AvgIpc) is 3.39. The van der Waals surface area contributed by atoms with Gasteiger partial charge in [0.15, 0.2) is 5.79 Å². The lowest BCUT2D eigenvalue weighted by atomic mass is 10.0. The van der Waals surface area contributed by atoms with Crippen LogP contribution in [0.1, 0.15) is 49.8 Å². The molecule has 1 aliphatic carbocycles. The molecule has 2 atom stereocenters. The van der Waals surface area contributed by atoms with Crippen LogP contribution in [0.4, 0.5) is 4.79 Å². The van der Waals surface area contributed by atoms with Gasteiger partial charge in [-0.15, -0.1) is 0 Å². The zero-order valence-electron chi connectivity index (χ0n) is 15.2. The molecule has 2 aliphatic heterocycles. The fourth-order valence-corrected chi connectivity index (χ4v) is 3.92. The van der Waals surface area contributed by atoms with Crippen molar-refractivity contribution >= 4 is 6.03 Å². The Labute approximate surface area is 149 Å². The average molecular weight is 344 g/mol. The summed E-state index contributed by atoms with van der Waals surface area (Å²) < 4.78 is 11.8. The Morgan fingerprint density at radius 2 is 1.92 bits per heavy atom. The van der Waals surface area contributed by atoms with Crippen molar-refractivity contribution in [1.82, 2.24) is 10.2 Å². The van der Waals surface area contributed by atoms with Crippen molar-refractivity contribution in [2.75, 3.05) is 19.7 Å². The maximum absolute atomic E-state index is 12.8. The molecule has 0 unspecified atom stereocenters. The molecule has 25 heavy (non-hydrogen) atoms. The number of aryl methyl sites for hydroxylation is 1. The summed E-state index contributed by atoms with van der Waals surface area (Å²) >= 11 is 0. The Morgan fingerprint density at radius 1 is 1.24 bits per heavy atom. The van der Waals surface area contributed by atoms with Crippen LogP contribution >= 0.6 is 0 Å². The van der Waals surface area contributed by atoms with Gasteiger partial charge in [-0.3, -0.25) is 0 Å². The van der Waals surface area contributed by atoms with Crippen molar-refractivity contribution in [1.29, 1.82) is 0 Å². The highest BCUT2D eigenvalue weighted by molar-refractivity contribution is 5.75. The second-order valence-electron chi connectivity index (χ2n) is 7.81. The van der Waals surface area contributed by atoms with Gasteiger partial charge in [0.2, 0.25) is 0 Å². The van der Waals surface area contributed by atoms with Crippen LogP contribution in [-0.4, -0.2) is 42.5 Å². The van der Waals surface area contributed by atoms with Gasteiger partial charge in [-0.1, -0.05) is 29.8 Å². The van der Waals surface area contributed by atoms with Gasteiger partial charge in [0.05, 0.1) is 18.8 Å². The van der Waals surface area contributed by atoms with Gasteiger partial charge >= 0.3 is 6.03 Å². The monoisotopic (exact) mass is 344 g/mol. The summed E-state index contributed by atoms with van der Waals surface area (Å²) in [6.45, 7) is 6.15. The van der Waals surface area contributed by atoms with E-state index in [9.17, 15) is 4.79 Å². The van der Waals surface area contributed by atoms with Crippen molar-refractivity contribution in [3.05, 3.63) is 35.4 Å². The number of hydrogen-bond acceptors (Lipinski definition) is 3. The van der Waals surface area contributed by atoms with Crippen molar-refractivity contribution in [3.63, 3.8) is 0 Å². The summed E-state index contributed by atoms with van der Waals surface area (Å²) in [6.07, 6.45) is 4.05. The molecular weight excluding hydrogens is 316 g/mol. The van der Waals surface area contributed by atoms with E-state index in [-0.39, 0.29) is 18.2 Å². The predicted octanol–water partition coefficient (Wildman–Crippen LogP) is 3.38. The standard InChI is InChI=1S/C20H28N2O3/c1-14-3-5-16(6-4-14)18(17-7-8-17)21-19(23)22-11-9-20(10-12-22)24-13-15(2)25-20/h3-6,15,17-18H,7-13H2,1-2H3,(H,21,23)/t15-,18-/m1/s1. The normalized spacial score (nSPS) is 26.6. The van der Waals surface area contributed by atoms with Crippen LogP contribution in [0.25, 0.3) is 0 Å². The van der Waals surface area contributed by atoms with E-state index in [1.165, 1.54) is 24.0 Å². The number of nitrogens with zero attached hydrogens (tertiary/aromatic N) is 1. The maximum Gasteiger partial charge on any atom is 0.317 e. The molecule has 2 amide bonds. The number of carbonyl (C=O) groups excluding carboxylic acids is 1. The van der Waals surface area contributed by atoms with Gasteiger partial charge in [0.25, 0.3) is 0 Å². The number of amides is 2. The molecule has 3 fully saturated rings. The smallest absolute Gasteiger partial charge is 0.317 e. The van der Waals surface area contributed by atoms with E-state index in [1.54, 1.807) is 0 Å². The second-order valence-corrected chi connectivity index (χ2v) is 7.81. The second kappa shape index (κ2) is 6.61. The highest BCUT2D eigenvalue weighted by Gasteiger charge is 2.44. The minimum atomic E-state index is -0.455. The lowest BCUT2D eigenvalue weighted by molar-refractivity contribution is -0.189. The summed E-state index contributed by atoms with van der Waals surface area (Å²) in [4.78, 5) is 14.7. The molecule has 0 bridgehead atoms. The van der Waals surface area contributed by atoms with E-state index < -0.39 is 5.79 Å². The zero-order chi connectivity index (χ0) is 17.4. The van der Waals surface area contributed by atoms with Crippen LogP contribution in [-0.2, 0) is 9.47 Å². The first-order valence-corrected chi connectivity index (χ1v) is 9.48. The highest BCUT2D eigenvalue weighted by Crippen LogP contribution is 2.41. The molecule has 1 aromatic carbocycles. The van der Waals surface area contributed by atoms with Crippen molar-refractivity contribution in [3.8, 4) is 0 Å². The molecule has 5 nitrogen and oxygen atoms in total. The van der Waals surface area contributed by atoms with Crippen LogP contribution in [0, 0.1) is 12.8 Å². The first-order valence-electron chi connectivity index (χ1n) is 9.48. The number of carbonyl (C=O) groups is 1. The fraction of sp³-hybridized carbons (Fsp3) is 0.650. The summed E-state index contributed by atoms with van der Waals surface area (Å²) in [6, 6.07) is 8.70. The van der Waals surface area contributed by atoms with Crippen LogP contribution in [0.15, 0.2) is 24.3 Å². The molecule has 0 aromatic heterocycles. The number of benzene rings is 1. The Kier molecular flexibility index (Phi) is 4.46. The Hall–Kier alpha value is -1.59. The number of rotatable bonds is 3. The molecular formula is C20H28N2O3. The van der Waals surface area contributed by atoms with Crippen molar-refractivity contribution in [2.45, 2.75) is 57.5 Å². The molecule has 1 saturated carbocycles. The van der Waals surface area contributed by atoms with Crippen LogP contribution in [0.3, 0.4) is 0 Å². The third-order valence-electron chi connectivity index (χ3n) is 5.62. The minimum absolute atomic E-state index is 0.0402. The van der Waals surface area contributed by atoms with Crippen LogP contribution in [0.5, 0.6) is 0 Å². The Morgan fingerprint density at radius 3 is 2.48 bits per heavy atom. The SMILES string of the molecule is Cc1ccc([C@@H](NC(=O)N2CCC3(CC2)OC[C@@H](C)O3)C2CC2)cc1. The number of hydrogen-bond donors (Lipinski definition) is 1. The summed E-state index contributed by atoms with van der Waals surface area (Å²) in [5.41, 5.74) is 2.46. The quantitative estimate of drug-likeness (QED) is 0.914. The maximum atomic E-state index is 12.8. The number of nitrogens with one attached hydrogen (secondary N) is 1. The molecule has 1 N–H and O–H groups in total. The lowest BCUT2D eigenvalue weighted by Gasteiger charge is -2.38. The topological polar surface area (TPSA) is 50.8 Å². The van der Waals surface area contributed by atoms with Crippen LogP contribution < -0.4 is 5.32 Å². The number of ether oxygens (including phenoxy) is 2. The summed E-state index contributed by atoms with van der Waals surface area (Å²) in [5, 5.41) is 3.28. The Bertz CT molecular complexity index is 618. The Balaban J connectivity index is 1.37. The third kappa shape index (κ3) is 3.67. The number of urea groups is 1. The molecule has 1 spiro atoms. The van der Waals surface area contributed by atoms with E-state index in [0.717, 1.165) is 12.8 Å². The van der Waals surface area contributed by atoms with Crippen LogP contribution in [0.2, 0.25) is 0 Å². The summed E-state index contributed by atoms with van der Waals surface area (Å²) in [7, 11) is 0. The molecule has 1 aromatic rings. The van der Waals surface area contributed by atoms with E-state index in [2.05, 4.69) is 36.5 Å². The molecule has 0 radical (unpaired) electrons. The highest BCUT2D eigenvalue weighted by atomic mass is 16.7. The minimum Gasteiger partial charge on any atom is -0.347 e. The van der Waals surface area contributed by atoms with E-state index in [4.69, 9.17) is 9.47 Å². The van der Waals surface area contributed by atoms with Crippen molar-refractivity contribution in [2.24, 2.45) is 5.92 Å². The fourth-order valence-electron chi connectivity index (χ4n) is 3.92. The molecule has 4 rings (SSSR count). The van der Waals surface area contributed by atoms with E-state index in [0.29, 0.717) is 25.6 Å². The lowest BCUT2D eigenvalue weighted by Crippen LogP contribution is -2.51. The molecule has 3 aliphatic rings. The van der Waals surface area contributed by atoms with E-state index >= 15 is 0 Å². The van der Waals surface area contributed by atoms with Gasteiger partial charge < -0.3 is 19.7 Å². The van der Waals surface area contributed by atoms with Gasteiger partial charge in [0, 0.05) is 25.9 Å².